The van der Waals surface area contributed by atoms with Gasteiger partial charge in [0.1, 0.15) is 5.82 Å². The molecular formula is C17H22N2O2. The molecule has 21 heavy (non-hydrogen) atoms. The molecule has 0 radical (unpaired) electrons. The molecule has 0 saturated heterocycles. The van der Waals surface area contributed by atoms with E-state index in [1.807, 2.05) is 13.0 Å². The molecule has 1 aliphatic rings. The van der Waals surface area contributed by atoms with E-state index in [0.717, 1.165) is 16.9 Å². The van der Waals surface area contributed by atoms with Crippen molar-refractivity contribution in [2.24, 2.45) is 5.92 Å². The number of aromatic nitrogens is 2. The van der Waals surface area contributed by atoms with E-state index >= 15 is 0 Å². The Morgan fingerprint density at radius 3 is 2.86 bits per heavy atom. The lowest BCUT2D eigenvalue weighted by Gasteiger charge is -2.33. The van der Waals surface area contributed by atoms with Crippen LogP contribution in [0, 0.1) is 12.8 Å². The van der Waals surface area contributed by atoms with Crippen LogP contribution in [0.2, 0.25) is 0 Å². The Bertz CT molecular complexity index is 675. The Morgan fingerprint density at radius 2 is 2.14 bits per heavy atom. The second-order valence-electron chi connectivity index (χ2n) is 6.06. The molecular weight excluding hydrogens is 264 g/mol. The van der Waals surface area contributed by atoms with Crippen molar-refractivity contribution in [3.8, 4) is 0 Å². The maximum atomic E-state index is 11.2. The van der Waals surface area contributed by atoms with Crippen molar-refractivity contribution >= 4 is 17.0 Å². The predicted octanol–water partition coefficient (Wildman–Crippen LogP) is 4.18. The number of carboxylic acids is 1. The lowest BCUT2D eigenvalue weighted by atomic mass is 9.82. The number of carbonyl (C=O) groups is 1. The van der Waals surface area contributed by atoms with Crippen LogP contribution in [-0.4, -0.2) is 20.6 Å². The highest BCUT2D eigenvalue weighted by molar-refractivity contribution is 5.92. The van der Waals surface area contributed by atoms with Crippen molar-refractivity contribution < 1.29 is 9.90 Å². The third-order valence-electron chi connectivity index (χ3n) is 4.84. The Balaban J connectivity index is 2.13. The molecule has 0 spiro atoms. The molecule has 1 N–H and O–H groups in total. The first-order valence-electron chi connectivity index (χ1n) is 7.83. The van der Waals surface area contributed by atoms with E-state index in [9.17, 15) is 9.90 Å². The maximum Gasteiger partial charge on any atom is 0.335 e. The van der Waals surface area contributed by atoms with E-state index in [1.54, 1.807) is 12.1 Å². The summed E-state index contributed by atoms with van der Waals surface area (Å²) in [6.07, 6.45) is 6.16. The van der Waals surface area contributed by atoms with Crippen LogP contribution in [-0.2, 0) is 0 Å². The minimum atomic E-state index is -0.877. The van der Waals surface area contributed by atoms with E-state index in [1.165, 1.54) is 32.1 Å². The van der Waals surface area contributed by atoms with Crippen molar-refractivity contribution in [2.75, 3.05) is 0 Å². The van der Waals surface area contributed by atoms with Gasteiger partial charge in [0, 0.05) is 6.04 Å². The SMILES string of the molecule is CCC1CCCCC1n1c(C)nc2ccc(C(=O)O)cc21. The molecule has 4 heteroatoms. The van der Waals surface area contributed by atoms with Gasteiger partial charge in [0.15, 0.2) is 0 Å². The van der Waals surface area contributed by atoms with Crippen molar-refractivity contribution in [3.63, 3.8) is 0 Å². The lowest BCUT2D eigenvalue weighted by molar-refractivity contribution is 0.0697. The second kappa shape index (κ2) is 5.51. The van der Waals surface area contributed by atoms with E-state index in [2.05, 4.69) is 16.5 Å². The Hall–Kier alpha value is -1.84. The lowest BCUT2D eigenvalue weighted by Crippen LogP contribution is -2.23. The van der Waals surface area contributed by atoms with Crippen molar-refractivity contribution in [2.45, 2.75) is 52.0 Å². The molecule has 2 atom stereocenters. The number of benzene rings is 1. The minimum absolute atomic E-state index is 0.340. The van der Waals surface area contributed by atoms with Crippen molar-refractivity contribution in [3.05, 3.63) is 29.6 Å². The number of carboxylic acid groups (broad SMARTS) is 1. The van der Waals surface area contributed by atoms with Gasteiger partial charge in [0.25, 0.3) is 0 Å². The number of fused-ring (bicyclic) bond motifs is 1. The summed E-state index contributed by atoms with van der Waals surface area (Å²) in [6, 6.07) is 5.70. The largest absolute Gasteiger partial charge is 0.478 e. The Kier molecular flexibility index (Phi) is 3.70. The van der Waals surface area contributed by atoms with Gasteiger partial charge in [-0.2, -0.15) is 0 Å². The van der Waals surface area contributed by atoms with Gasteiger partial charge in [-0.1, -0.05) is 26.2 Å². The second-order valence-corrected chi connectivity index (χ2v) is 6.06. The predicted molar refractivity (Wildman–Crippen MR) is 82.7 cm³/mol. The first-order chi connectivity index (χ1) is 10.1. The van der Waals surface area contributed by atoms with Crippen LogP contribution in [0.25, 0.3) is 11.0 Å². The van der Waals surface area contributed by atoms with Crippen molar-refractivity contribution in [1.82, 2.24) is 9.55 Å². The van der Waals surface area contributed by atoms with Crippen LogP contribution in [0.5, 0.6) is 0 Å². The summed E-state index contributed by atoms with van der Waals surface area (Å²) in [5, 5.41) is 9.22. The molecule has 0 aliphatic heterocycles. The molecule has 1 heterocycles. The molecule has 0 amide bonds. The van der Waals surface area contributed by atoms with E-state index in [-0.39, 0.29) is 0 Å². The van der Waals surface area contributed by atoms with E-state index in [4.69, 9.17) is 0 Å². The van der Waals surface area contributed by atoms with Gasteiger partial charge in [-0.3, -0.25) is 0 Å². The van der Waals surface area contributed by atoms with Gasteiger partial charge in [0.2, 0.25) is 0 Å². The monoisotopic (exact) mass is 286 g/mol. The fourth-order valence-corrected chi connectivity index (χ4v) is 3.77. The number of aryl methyl sites for hydroxylation is 1. The zero-order chi connectivity index (χ0) is 15.0. The first-order valence-corrected chi connectivity index (χ1v) is 7.83. The van der Waals surface area contributed by atoms with Crippen LogP contribution < -0.4 is 0 Å². The fourth-order valence-electron chi connectivity index (χ4n) is 3.77. The van der Waals surface area contributed by atoms with E-state index < -0.39 is 5.97 Å². The molecule has 2 aromatic rings. The van der Waals surface area contributed by atoms with Crippen LogP contribution in [0.1, 0.15) is 61.3 Å². The molecule has 4 nitrogen and oxygen atoms in total. The topological polar surface area (TPSA) is 55.1 Å². The van der Waals surface area contributed by atoms with E-state index in [0.29, 0.717) is 17.5 Å². The number of hydrogen-bond donors (Lipinski definition) is 1. The summed E-state index contributed by atoms with van der Waals surface area (Å²) in [7, 11) is 0. The summed E-state index contributed by atoms with van der Waals surface area (Å²) in [6.45, 7) is 4.28. The molecule has 1 aromatic heterocycles. The Labute approximate surface area is 124 Å². The van der Waals surface area contributed by atoms with Gasteiger partial charge >= 0.3 is 5.97 Å². The molecule has 112 valence electrons. The normalized spacial score (nSPS) is 22.6. The summed E-state index contributed by atoms with van der Waals surface area (Å²) in [5.41, 5.74) is 2.21. The molecule has 0 bridgehead atoms. The third-order valence-corrected chi connectivity index (χ3v) is 4.84. The molecule has 1 saturated carbocycles. The quantitative estimate of drug-likeness (QED) is 0.920. The fraction of sp³-hybridized carbons (Fsp3) is 0.529. The highest BCUT2D eigenvalue weighted by Gasteiger charge is 2.27. The summed E-state index contributed by atoms with van der Waals surface area (Å²) in [4.78, 5) is 15.9. The van der Waals surface area contributed by atoms with Gasteiger partial charge in [0.05, 0.1) is 16.6 Å². The summed E-state index contributed by atoms with van der Waals surface area (Å²) in [5.74, 6) is 0.791. The average molecular weight is 286 g/mol. The highest BCUT2D eigenvalue weighted by atomic mass is 16.4. The molecule has 1 aromatic carbocycles. The minimum Gasteiger partial charge on any atom is -0.478 e. The van der Waals surface area contributed by atoms with Crippen molar-refractivity contribution in [1.29, 1.82) is 0 Å². The number of rotatable bonds is 3. The standard InChI is InChI=1S/C17H22N2O2/c1-3-12-6-4-5-7-15(12)19-11(2)18-14-9-8-13(17(20)21)10-16(14)19/h8-10,12,15H,3-7H2,1-2H3,(H,20,21). The smallest absolute Gasteiger partial charge is 0.335 e. The first kappa shape index (κ1) is 14.1. The van der Waals surface area contributed by atoms with Crippen LogP contribution >= 0.6 is 0 Å². The zero-order valence-corrected chi connectivity index (χ0v) is 12.7. The summed E-state index contributed by atoms with van der Waals surface area (Å²) >= 11 is 0. The van der Waals surface area contributed by atoms with Gasteiger partial charge in [-0.05, 0) is 43.9 Å². The van der Waals surface area contributed by atoms with Crippen LogP contribution in [0.3, 0.4) is 0 Å². The van der Waals surface area contributed by atoms with Crippen LogP contribution in [0.15, 0.2) is 18.2 Å². The average Bonchev–Trinajstić information content (AvgIpc) is 2.81. The van der Waals surface area contributed by atoms with Gasteiger partial charge < -0.3 is 9.67 Å². The third kappa shape index (κ3) is 2.43. The number of aromatic carboxylic acids is 1. The number of imidazole rings is 1. The molecule has 1 fully saturated rings. The number of nitrogens with zero attached hydrogens (tertiary/aromatic N) is 2. The van der Waals surface area contributed by atoms with Gasteiger partial charge in [-0.15, -0.1) is 0 Å². The molecule has 2 unspecified atom stereocenters. The maximum absolute atomic E-state index is 11.2. The highest BCUT2D eigenvalue weighted by Crippen LogP contribution is 2.38. The Morgan fingerprint density at radius 1 is 1.38 bits per heavy atom. The van der Waals surface area contributed by atoms with Gasteiger partial charge in [-0.25, -0.2) is 9.78 Å². The summed E-state index contributed by atoms with van der Waals surface area (Å²) < 4.78 is 2.29. The molecule has 1 aliphatic carbocycles. The van der Waals surface area contributed by atoms with Crippen LogP contribution in [0.4, 0.5) is 0 Å². The molecule has 3 rings (SSSR count). The zero-order valence-electron chi connectivity index (χ0n) is 12.7. The number of hydrogen-bond acceptors (Lipinski definition) is 2.